The molecular weight excluding hydrogens is 480 g/mol. The third-order valence-corrected chi connectivity index (χ3v) is 6.35. The standard InChI is InChI=1S/C23H25ClN4O7/c24-20-17-21(26-11-25-20)28(12-27-17)22-19-18(15(10-29)33-22)34-23(35-19)13-5-7-14(8-6-13)32-9-3-1-2-4-16(30)31/h5-8,11-12,15,18-19,22-23,29H,1-4,9-10H2,(H,30,31). The Morgan fingerprint density at radius 2 is 1.86 bits per heavy atom. The van der Waals surface area contributed by atoms with Gasteiger partial charge in [0.25, 0.3) is 0 Å². The number of hydrogen-bond donors (Lipinski definition) is 2. The Balaban J connectivity index is 1.23. The van der Waals surface area contributed by atoms with Gasteiger partial charge in [-0.25, -0.2) is 15.0 Å². The molecule has 186 valence electrons. The number of rotatable bonds is 10. The lowest BCUT2D eigenvalue weighted by Crippen LogP contribution is -2.30. The van der Waals surface area contributed by atoms with Gasteiger partial charge in [0.15, 0.2) is 23.3 Å². The van der Waals surface area contributed by atoms with Crippen molar-refractivity contribution >= 4 is 28.7 Å². The lowest BCUT2D eigenvalue weighted by molar-refractivity contribution is -0.153. The molecule has 4 heterocycles. The fourth-order valence-corrected chi connectivity index (χ4v) is 4.52. The molecule has 5 atom stereocenters. The van der Waals surface area contributed by atoms with Gasteiger partial charge in [-0.05, 0) is 31.4 Å². The number of halogens is 1. The molecule has 5 unspecified atom stereocenters. The van der Waals surface area contributed by atoms with E-state index < -0.39 is 36.8 Å². The third kappa shape index (κ3) is 4.95. The molecule has 3 aromatic rings. The number of carboxylic acid groups (broad SMARTS) is 1. The maximum atomic E-state index is 10.6. The smallest absolute Gasteiger partial charge is 0.303 e. The average molecular weight is 505 g/mol. The second kappa shape index (κ2) is 10.4. The van der Waals surface area contributed by atoms with Gasteiger partial charge in [-0.15, -0.1) is 0 Å². The van der Waals surface area contributed by atoms with Gasteiger partial charge in [0.1, 0.15) is 35.9 Å². The minimum Gasteiger partial charge on any atom is -0.494 e. The number of ether oxygens (including phenoxy) is 4. The van der Waals surface area contributed by atoms with E-state index in [1.54, 1.807) is 10.9 Å². The van der Waals surface area contributed by atoms with Crippen molar-refractivity contribution in [1.82, 2.24) is 19.5 Å². The maximum absolute atomic E-state index is 10.6. The van der Waals surface area contributed by atoms with Crippen LogP contribution < -0.4 is 4.74 Å². The van der Waals surface area contributed by atoms with Crippen LogP contribution in [-0.2, 0) is 19.0 Å². The second-order valence-corrected chi connectivity index (χ2v) is 8.75. The van der Waals surface area contributed by atoms with Gasteiger partial charge in [-0.3, -0.25) is 9.36 Å². The Labute approximate surface area is 205 Å². The van der Waals surface area contributed by atoms with E-state index in [-0.39, 0.29) is 18.2 Å². The lowest BCUT2D eigenvalue weighted by Gasteiger charge is -2.21. The van der Waals surface area contributed by atoms with Gasteiger partial charge in [0.2, 0.25) is 0 Å². The van der Waals surface area contributed by atoms with E-state index in [0.717, 1.165) is 18.4 Å². The van der Waals surface area contributed by atoms with Crippen molar-refractivity contribution in [1.29, 1.82) is 0 Å². The zero-order valence-corrected chi connectivity index (χ0v) is 19.5. The van der Waals surface area contributed by atoms with Crippen LogP contribution in [0.1, 0.15) is 43.8 Å². The first-order valence-electron chi connectivity index (χ1n) is 11.4. The minimum atomic E-state index is -0.776. The number of carboxylic acids is 1. The normalized spacial score (nSPS) is 25.7. The van der Waals surface area contributed by atoms with Crippen LogP contribution in [0.15, 0.2) is 36.9 Å². The zero-order valence-electron chi connectivity index (χ0n) is 18.7. The minimum absolute atomic E-state index is 0.180. The van der Waals surface area contributed by atoms with Crippen LogP contribution in [-0.4, -0.2) is 67.2 Å². The number of hydrogen-bond acceptors (Lipinski definition) is 9. The molecule has 12 heteroatoms. The highest BCUT2D eigenvalue weighted by molar-refractivity contribution is 6.33. The molecule has 2 N–H and O–H groups in total. The summed E-state index contributed by atoms with van der Waals surface area (Å²) in [4.78, 5) is 23.1. The molecule has 0 radical (unpaired) electrons. The predicted molar refractivity (Wildman–Crippen MR) is 122 cm³/mol. The number of imidazole rings is 1. The number of fused-ring (bicyclic) bond motifs is 2. The highest BCUT2D eigenvalue weighted by Crippen LogP contribution is 2.44. The number of unbranched alkanes of at least 4 members (excludes halogenated alkanes) is 2. The monoisotopic (exact) mass is 504 g/mol. The summed E-state index contributed by atoms with van der Waals surface area (Å²) in [5, 5.41) is 18.8. The summed E-state index contributed by atoms with van der Waals surface area (Å²) in [5.74, 6) is -0.0667. The maximum Gasteiger partial charge on any atom is 0.303 e. The molecule has 1 aromatic carbocycles. The fraction of sp³-hybridized carbons (Fsp3) is 0.478. The largest absolute Gasteiger partial charge is 0.494 e. The molecular formula is C23H25ClN4O7. The molecule has 5 rings (SSSR count). The number of aliphatic hydroxyl groups is 1. The van der Waals surface area contributed by atoms with Gasteiger partial charge >= 0.3 is 5.97 Å². The molecule has 0 aliphatic carbocycles. The Morgan fingerprint density at radius 3 is 2.63 bits per heavy atom. The third-order valence-electron chi connectivity index (χ3n) is 6.07. The molecule has 2 aromatic heterocycles. The van der Waals surface area contributed by atoms with E-state index in [2.05, 4.69) is 15.0 Å². The summed E-state index contributed by atoms with van der Waals surface area (Å²) in [6, 6.07) is 7.42. The van der Waals surface area contributed by atoms with Crippen LogP contribution in [0.2, 0.25) is 5.15 Å². The number of aliphatic carboxylic acids is 1. The number of carbonyl (C=O) groups is 1. The molecule has 0 amide bonds. The first-order chi connectivity index (χ1) is 17.0. The molecule has 35 heavy (non-hydrogen) atoms. The molecule has 2 aliphatic rings. The van der Waals surface area contributed by atoms with Crippen molar-refractivity contribution in [3.8, 4) is 5.75 Å². The summed E-state index contributed by atoms with van der Waals surface area (Å²) in [6.07, 6.45) is 2.54. The highest BCUT2D eigenvalue weighted by atomic mass is 35.5. The number of benzene rings is 1. The topological polar surface area (TPSA) is 138 Å². The summed E-state index contributed by atoms with van der Waals surface area (Å²) in [6.45, 7) is 0.290. The molecule has 2 fully saturated rings. The van der Waals surface area contributed by atoms with Crippen molar-refractivity contribution in [3.63, 3.8) is 0 Å². The van der Waals surface area contributed by atoms with Crippen molar-refractivity contribution in [2.24, 2.45) is 0 Å². The SMILES string of the molecule is O=C(O)CCCCCOc1ccc(C2OC3C(CO)OC(n4cnc5c(Cl)ncnc54)C3O2)cc1. The van der Waals surface area contributed by atoms with Gasteiger partial charge < -0.3 is 29.2 Å². The van der Waals surface area contributed by atoms with Crippen LogP contribution in [0.3, 0.4) is 0 Å². The summed E-state index contributed by atoms with van der Waals surface area (Å²) in [5.41, 5.74) is 1.77. The average Bonchev–Trinajstić information content (AvgIpc) is 3.55. The van der Waals surface area contributed by atoms with E-state index in [1.807, 2.05) is 24.3 Å². The molecule has 0 bridgehead atoms. The predicted octanol–water partition coefficient (Wildman–Crippen LogP) is 2.88. The Morgan fingerprint density at radius 1 is 1.06 bits per heavy atom. The van der Waals surface area contributed by atoms with Crippen LogP contribution in [0.4, 0.5) is 0 Å². The lowest BCUT2D eigenvalue weighted by atomic mass is 10.1. The quantitative estimate of drug-likeness (QED) is 0.313. The highest BCUT2D eigenvalue weighted by Gasteiger charge is 2.53. The summed E-state index contributed by atoms with van der Waals surface area (Å²) >= 11 is 6.13. The van der Waals surface area contributed by atoms with Crippen LogP contribution in [0.5, 0.6) is 5.75 Å². The molecule has 11 nitrogen and oxygen atoms in total. The van der Waals surface area contributed by atoms with Gasteiger partial charge in [0.05, 0.1) is 19.5 Å². The zero-order chi connectivity index (χ0) is 24.4. The van der Waals surface area contributed by atoms with E-state index in [1.165, 1.54) is 6.33 Å². The number of aliphatic hydroxyl groups excluding tert-OH is 1. The molecule has 2 saturated heterocycles. The second-order valence-electron chi connectivity index (χ2n) is 8.39. The summed E-state index contributed by atoms with van der Waals surface area (Å²) in [7, 11) is 0. The van der Waals surface area contributed by atoms with Gasteiger partial charge in [-0.2, -0.15) is 0 Å². The van der Waals surface area contributed by atoms with Gasteiger partial charge in [0, 0.05) is 12.0 Å². The number of nitrogens with zero attached hydrogens (tertiary/aromatic N) is 4. The van der Waals surface area contributed by atoms with Gasteiger partial charge in [-0.1, -0.05) is 23.7 Å². The van der Waals surface area contributed by atoms with Crippen molar-refractivity contribution in [2.75, 3.05) is 13.2 Å². The first-order valence-corrected chi connectivity index (χ1v) is 11.8. The fourth-order valence-electron chi connectivity index (χ4n) is 4.34. The molecule has 0 saturated carbocycles. The molecule has 0 spiro atoms. The van der Waals surface area contributed by atoms with E-state index >= 15 is 0 Å². The van der Waals surface area contributed by atoms with Crippen LogP contribution in [0, 0.1) is 0 Å². The van der Waals surface area contributed by atoms with Crippen LogP contribution in [0.25, 0.3) is 11.2 Å². The van der Waals surface area contributed by atoms with E-state index in [0.29, 0.717) is 29.9 Å². The summed E-state index contributed by atoms with van der Waals surface area (Å²) < 4.78 is 25.9. The van der Waals surface area contributed by atoms with Crippen LogP contribution >= 0.6 is 11.6 Å². The Kier molecular flexibility index (Phi) is 7.12. The number of aromatic nitrogens is 4. The Hall–Kier alpha value is -2.83. The van der Waals surface area contributed by atoms with Crippen molar-refractivity contribution in [3.05, 3.63) is 47.6 Å². The van der Waals surface area contributed by atoms with Crippen molar-refractivity contribution in [2.45, 2.75) is 56.5 Å². The van der Waals surface area contributed by atoms with Crippen molar-refractivity contribution < 1.29 is 34.0 Å². The molecule has 2 aliphatic heterocycles. The van der Waals surface area contributed by atoms with E-state index in [4.69, 9.17) is 35.7 Å². The Bertz CT molecular complexity index is 1170. The first kappa shape index (κ1) is 23.9. The van der Waals surface area contributed by atoms with E-state index in [9.17, 15) is 9.90 Å².